The summed E-state index contributed by atoms with van der Waals surface area (Å²) in [5, 5.41) is 0. The maximum atomic E-state index is 17.1. The Morgan fingerprint density at radius 3 is 1.65 bits per heavy atom. The number of likely N-dealkylation sites (tertiary alicyclic amines) is 2. The average molecular weight is 1110 g/mol. The fourth-order valence-corrected chi connectivity index (χ4v) is 15.2. The number of fused-ring (bicyclic) bond motifs is 2. The number of nitrogens with two attached hydrogens (primary N) is 2. The van der Waals surface area contributed by atoms with Crippen LogP contribution in [0.3, 0.4) is 0 Å². The summed E-state index contributed by atoms with van der Waals surface area (Å²) < 4.78 is 45.4. The molecule has 81 heavy (non-hydrogen) atoms. The lowest BCUT2D eigenvalue weighted by atomic mass is 9.81. The highest BCUT2D eigenvalue weighted by Crippen LogP contribution is 2.55. The highest BCUT2D eigenvalue weighted by atomic mass is 19.1. The summed E-state index contributed by atoms with van der Waals surface area (Å²) in [6.07, 6.45) is 10.5. The Hall–Kier alpha value is -7.24. The van der Waals surface area contributed by atoms with Crippen LogP contribution in [0.4, 0.5) is 29.7 Å². The molecule has 18 heteroatoms. The summed E-state index contributed by atoms with van der Waals surface area (Å²) in [5.74, 6) is -0.350. The van der Waals surface area contributed by atoms with Gasteiger partial charge in [-0.15, -0.1) is 0 Å². The number of amides is 4. The van der Waals surface area contributed by atoms with Crippen LogP contribution in [-0.2, 0) is 24.6 Å². The van der Waals surface area contributed by atoms with E-state index in [2.05, 4.69) is 59.0 Å². The summed E-state index contributed by atoms with van der Waals surface area (Å²) in [5.41, 5.74) is 16.7. The Labute approximate surface area is 471 Å². The molecule has 0 radical (unpaired) electrons. The molecule has 7 atom stereocenters. The van der Waals surface area contributed by atoms with Gasteiger partial charge in [0.15, 0.2) is 23.8 Å². The minimum absolute atomic E-state index is 0.00930. The number of rotatable bonds is 13. The van der Waals surface area contributed by atoms with Crippen molar-refractivity contribution < 1.29 is 37.4 Å². The Bertz CT molecular complexity index is 3270. The molecule has 12 rings (SSSR count). The van der Waals surface area contributed by atoms with Crippen molar-refractivity contribution in [1.82, 2.24) is 29.7 Å². The predicted octanol–water partition coefficient (Wildman–Crippen LogP) is 12.0. The summed E-state index contributed by atoms with van der Waals surface area (Å²) in [6.45, 7) is 6.39. The summed E-state index contributed by atoms with van der Waals surface area (Å²) in [6, 6.07) is 24.5. The summed E-state index contributed by atoms with van der Waals surface area (Å²) in [4.78, 5) is 77.9. The van der Waals surface area contributed by atoms with E-state index < -0.39 is 41.6 Å². The van der Waals surface area contributed by atoms with Gasteiger partial charge in [-0.1, -0.05) is 87.9 Å². The van der Waals surface area contributed by atoms with E-state index in [1.54, 1.807) is 9.80 Å². The Morgan fingerprint density at radius 2 is 1.12 bits per heavy atom. The fourth-order valence-electron chi connectivity index (χ4n) is 15.2. The number of anilines is 2. The van der Waals surface area contributed by atoms with E-state index in [-0.39, 0.29) is 53.4 Å². The molecule has 4 aliphatic heterocycles. The maximum absolute atomic E-state index is 17.1. The second kappa shape index (κ2) is 22.6. The summed E-state index contributed by atoms with van der Waals surface area (Å²) >= 11 is 0. The van der Waals surface area contributed by atoms with E-state index in [1.807, 2.05) is 41.3 Å². The number of halogens is 2. The van der Waals surface area contributed by atoms with E-state index >= 15 is 8.78 Å². The third-order valence-electron chi connectivity index (χ3n) is 19.5. The van der Waals surface area contributed by atoms with Crippen LogP contribution < -0.4 is 21.3 Å². The van der Waals surface area contributed by atoms with Crippen molar-refractivity contribution in [1.29, 1.82) is 0 Å². The number of piperidine rings is 1. The smallest absolute Gasteiger partial charge is 0.405 e. The van der Waals surface area contributed by atoms with E-state index in [1.165, 1.54) is 17.7 Å². The second-order valence-electron chi connectivity index (χ2n) is 24.2. The minimum atomic E-state index is -0.951. The van der Waals surface area contributed by atoms with Crippen LogP contribution in [0.15, 0.2) is 78.9 Å². The molecule has 6 aromatic rings. The number of benzene rings is 4. The number of primary amides is 2. The van der Waals surface area contributed by atoms with Crippen molar-refractivity contribution >= 4 is 57.4 Å². The van der Waals surface area contributed by atoms with Gasteiger partial charge >= 0.3 is 12.2 Å². The van der Waals surface area contributed by atoms with Gasteiger partial charge in [-0.3, -0.25) is 9.59 Å². The van der Waals surface area contributed by atoms with E-state index in [0.29, 0.717) is 74.2 Å². The monoisotopic (exact) mass is 1110 g/mol. The molecule has 4 amide bonds. The van der Waals surface area contributed by atoms with Crippen LogP contribution in [0.5, 0.6) is 0 Å². The number of H-pyrrole nitrogens is 2. The molecular weight excluding hydrogens is 1030 g/mol. The number of hydrogen-bond acceptors (Lipinski definition) is 10. The zero-order valence-corrected chi connectivity index (χ0v) is 46.6. The van der Waals surface area contributed by atoms with E-state index in [0.717, 1.165) is 118 Å². The van der Waals surface area contributed by atoms with Crippen molar-refractivity contribution in [2.45, 2.75) is 165 Å². The Morgan fingerprint density at radius 1 is 0.605 bits per heavy atom. The minimum Gasteiger partial charge on any atom is -0.436 e. The second-order valence-corrected chi connectivity index (χ2v) is 24.2. The number of imidazole rings is 2. The quantitative estimate of drug-likeness (QED) is 0.0860. The van der Waals surface area contributed by atoms with Gasteiger partial charge in [-0.25, -0.2) is 28.3 Å². The molecule has 0 spiro atoms. The molecule has 16 nitrogen and oxygen atoms in total. The molecule has 2 aliphatic carbocycles. The van der Waals surface area contributed by atoms with E-state index in [4.69, 9.17) is 30.9 Å². The largest absolute Gasteiger partial charge is 0.436 e. The van der Waals surface area contributed by atoms with Crippen molar-refractivity contribution in [2.24, 2.45) is 29.2 Å². The first kappa shape index (κ1) is 54.4. The molecule has 6 aliphatic rings. The van der Waals surface area contributed by atoms with Gasteiger partial charge in [0.2, 0.25) is 0 Å². The van der Waals surface area contributed by atoms with Crippen LogP contribution in [0.1, 0.15) is 175 Å². The lowest BCUT2D eigenvalue weighted by Gasteiger charge is -2.43. The zero-order chi connectivity index (χ0) is 56.1. The maximum Gasteiger partial charge on any atom is 0.405 e. The molecule has 4 unspecified atom stereocenters. The Balaban J connectivity index is 0.876. The van der Waals surface area contributed by atoms with Crippen LogP contribution in [0.25, 0.3) is 22.1 Å². The molecule has 6 heterocycles. The first-order valence-electron chi connectivity index (χ1n) is 29.8. The first-order valence-corrected chi connectivity index (χ1v) is 29.8. The number of carbonyl (C=O) groups excluding carboxylic acids is 4. The molecule has 4 aromatic carbocycles. The van der Waals surface area contributed by atoms with Gasteiger partial charge in [-0.05, 0) is 142 Å². The van der Waals surface area contributed by atoms with Gasteiger partial charge in [0, 0.05) is 43.7 Å². The summed E-state index contributed by atoms with van der Waals surface area (Å²) in [7, 11) is 0. The first-order chi connectivity index (χ1) is 39.2. The third-order valence-corrected chi connectivity index (χ3v) is 19.5. The Kier molecular flexibility index (Phi) is 15.2. The highest BCUT2D eigenvalue weighted by Gasteiger charge is 2.51. The lowest BCUT2D eigenvalue weighted by Crippen LogP contribution is -2.46. The number of ether oxygens (including phenoxy) is 2. The van der Waals surface area contributed by atoms with Crippen LogP contribution >= 0.6 is 0 Å². The highest BCUT2D eigenvalue weighted by molar-refractivity contribution is 5.86. The molecule has 6 fully saturated rings. The van der Waals surface area contributed by atoms with Gasteiger partial charge in [0.25, 0.3) is 11.8 Å². The number of aromatic amines is 2. The van der Waals surface area contributed by atoms with Crippen LogP contribution in [0.2, 0.25) is 0 Å². The molecule has 6 N–H and O–H groups in total. The van der Waals surface area contributed by atoms with Crippen molar-refractivity contribution in [3.63, 3.8) is 0 Å². The number of carbonyl (C=O) groups is 4. The van der Waals surface area contributed by atoms with Gasteiger partial charge in [0.05, 0.1) is 45.7 Å². The lowest BCUT2D eigenvalue weighted by molar-refractivity contribution is -0.145. The normalized spacial score (nSPS) is 25.0. The van der Waals surface area contributed by atoms with Crippen molar-refractivity contribution in [2.75, 3.05) is 36.0 Å². The molecule has 4 saturated heterocycles. The SMILES string of the molecule is CC1CC(c2ccc3nc(C4CCCN4C(=O)[C@@H](OC(N)=O)C4CCCCC4)[nH]c3c2)N(c2cc(F)c(N3CCC(c4ccccc4)CC3)c(F)c2)[C@@]1(C)c1ccc2nc(C3CCCN3C(=O)[C@@H](OC(N)=O)C3CCCCC3)[nH]c2c1. The standard InChI is InChI=1S/C63H76F2N10O6/c1-37-32-53(42-22-24-47-49(33-42)70-57(68-47)51-20-12-28-73(51)59(76)55(80-61(66)78)40-16-8-4-9-17-40)75(44-35-45(64)54(46(65)36-44)72-30-26-39(27-31-72)38-14-6-3-7-15-38)63(37,2)43-23-25-48-50(34-43)71-58(69-48)52-21-13-29-74(52)60(77)56(81-62(67)79)41-18-10-5-11-19-41/h3,6-7,14-15,22-25,33-37,39-41,51-53,55-56H,4-5,8-13,16-21,26-32H2,1-2H3,(H2,66,78)(H2,67,79)(H,68,70)(H,69,71)/t37?,51?,52?,53?,55-,56-,63+/m0/s1. The van der Waals surface area contributed by atoms with Crippen molar-refractivity contribution in [3.05, 3.63) is 119 Å². The number of nitrogens with zero attached hydrogens (tertiary/aromatic N) is 6. The fraction of sp³-hybridized carbons (Fsp3) is 0.524. The molecule has 2 aromatic heterocycles. The average Bonchev–Trinajstić information content (AvgIpc) is 4.40. The van der Waals surface area contributed by atoms with Crippen LogP contribution in [-0.4, -0.2) is 92.1 Å². The molecule has 0 bridgehead atoms. The van der Waals surface area contributed by atoms with E-state index in [9.17, 15) is 19.2 Å². The molecule has 2 saturated carbocycles. The van der Waals surface area contributed by atoms with Gasteiger partial charge in [0.1, 0.15) is 17.3 Å². The van der Waals surface area contributed by atoms with Gasteiger partial charge in [-0.2, -0.15) is 0 Å². The number of aromatic nitrogens is 4. The third kappa shape index (κ3) is 10.4. The predicted molar refractivity (Wildman–Crippen MR) is 305 cm³/mol. The van der Waals surface area contributed by atoms with Gasteiger partial charge < -0.3 is 50.5 Å². The van der Waals surface area contributed by atoms with Crippen LogP contribution in [0, 0.1) is 29.4 Å². The molecule has 428 valence electrons. The molecular formula is C63H76F2N10O6. The number of nitrogens with one attached hydrogen (secondary N) is 2. The van der Waals surface area contributed by atoms with Crippen molar-refractivity contribution in [3.8, 4) is 0 Å². The number of hydrogen-bond donors (Lipinski definition) is 4. The topological polar surface area (TPSA) is 209 Å². The zero-order valence-electron chi connectivity index (χ0n) is 46.6.